The van der Waals surface area contributed by atoms with Crippen LogP contribution in [0.1, 0.15) is 24.2 Å². The van der Waals surface area contributed by atoms with Crippen LogP contribution in [0.4, 0.5) is 0 Å². The van der Waals surface area contributed by atoms with Crippen LogP contribution < -0.4 is 14.8 Å². The van der Waals surface area contributed by atoms with Gasteiger partial charge in [-0.05, 0) is 26.4 Å². The van der Waals surface area contributed by atoms with Crippen molar-refractivity contribution in [3.05, 3.63) is 70.2 Å². The van der Waals surface area contributed by atoms with Crippen LogP contribution in [-0.4, -0.2) is 70.4 Å². The fraction of sp³-hybridized carbons (Fsp3) is 0.333. The van der Waals surface area contributed by atoms with Gasteiger partial charge in [-0.1, -0.05) is 59.6 Å². The maximum Gasteiger partial charge on any atom is 0.237 e. The third kappa shape index (κ3) is 6.00. The molecule has 1 aliphatic rings. The summed E-state index contributed by atoms with van der Waals surface area (Å²) in [4.78, 5) is 20.8. The average molecular weight is 596 g/mol. The largest absolute Gasteiger partial charge is 0.480 e. The fourth-order valence-electron chi connectivity index (χ4n) is 5.16. The Labute approximate surface area is 249 Å². The Morgan fingerprint density at radius 2 is 1.41 bits per heavy atom. The first-order chi connectivity index (χ1) is 20.0. The molecule has 0 amide bonds. The van der Waals surface area contributed by atoms with E-state index in [4.69, 9.17) is 37.7 Å². The molecule has 0 bridgehead atoms. The van der Waals surface area contributed by atoms with Gasteiger partial charge < -0.3 is 19.9 Å². The van der Waals surface area contributed by atoms with Crippen LogP contribution in [-0.2, 0) is 13.1 Å². The van der Waals surface area contributed by atoms with Gasteiger partial charge in [0, 0.05) is 41.4 Å². The Kier molecular flexibility index (Phi) is 9.32. The molecular weight excluding hydrogens is 563 g/mol. The zero-order valence-corrected chi connectivity index (χ0v) is 24.7. The predicted molar refractivity (Wildman–Crippen MR) is 160 cm³/mol. The number of halogens is 2. The van der Waals surface area contributed by atoms with E-state index in [1.54, 1.807) is 26.6 Å². The second-order valence-electron chi connectivity index (χ2n) is 9.74. The van der Waals surface area contributed by atoms with Gasteiger partial charge in [-0.2, -0.15) is 0 Å². The lowest BCUT2D eigenvalue weighted by molar-refractivity contribution is 0.151. The fourth-order valence-corrected chi connectivity index (χ4v) is 5.81. The Bertz CT molecular complexity index is 1540. The molecule has 1 fully saturated rings. The number of aliphatic hydroxyl groups excluding tert-OH is 1. The van der Waals surface area contributed by atoms with Crippen molar-refractivity contribution in [2.45, 2.75) is 32.0 Å². The number of nitrogens with zero attached hydrogens (tertiary/aromatic N) is 5. The minimum atomic E-state index is 0.127. The number of likely N-dealkylation sites (tertiary alicyclic amines) is 1. The van der Waals surface area contributed by atoms with Crippen LogP contribution >= 0.6 is 23.2 Å². The number of rotatable bonds is 10. The molecule has 1 unspecified atom stereocenters. The zero-order chi connectivity index (χ0) is 28.9. The van der Waals surface area contributed by atoms with Crippen molar-refractivity contribution >= 4 is 23.2 Å². The van der Waals surface area contributed by atoms with E-state index in [2.05, 4.69) is 25.2 Å². The van der Waals surface area contributed by atoms with Crippen LogP contribution in [0.3, 0.4) is 0 Å². The topological polar surface area (TPSA) is 106 Å². The quantitative estimate of drug-likeness (QED) is 0.254. The first kappa shape index (κ1) is 29.2. The molecule has 4 aromatic rings. The summed E-state index contributed by atoms with van der Waals surface area (Å²) in [6, 6.07) is 11.6. The molecule has 214 valence electrons. The SMILES string of the molecule is CNCc1ncc(-c2cccc(-c3cccc(-c4cnc(CN5CCCC5CO)c(OC)n4)c3Cl)c2Cl)nc1OC. The van der Waals surface area contributed by atoms with Crippen molar-refractivity contribution in [2.75, 3.05) is 34.4 Å². The van der Waals surface area contributed by atoms with E-state index < -0.39 is 0 Å². The van der Waals surface area contributed by atoms with E-state index >= 15 is 0 Å². The van der Waals surface area contributed by atoms with E-state index in [0.717, 1.165) is 36.2 Å². The average Bonchev–Trinajstić information content (AvgIpc) is 3.45. The van der Waals surface area contributed by atoms with Crippen molar-refractivity contribution < 1.29 is 14.6 Å². The van der Waals surface area contributed by atoms with Gasteiger partial charge >= 0.3 is 0 Å². The second-order valence-corrected chi connectivity index (χ2v) is 10.5. The predicted octanol–water partition coefficient (Wildman–Crippen LogP) is 5.27. The molecule has 3 heterocycles. The molecule has 1 atom stereocenters. The number of aliphatic hydroxyl groups is 1. The van der Waals surface area contributed by atoms with Crippen molar-refractivity contribution in [1.29, 1.82) is 0 Å². The van der Waals surface area contributed by atoms with E-state index in [9.17, 15) is 5.11 Å². The van der Waals surface area contributed by atoms with Gasteiger partial charge in [-0.25, -0.2) is 9.97 Å². The first-order valence-electron chi connectivity index (χ1n) is 13.4. The molecule has 11 heteroatoms. The van der Waals surface area contributed by atoms with Crippen LogP contribution in [0.25, 0.3) is 33.6 Å². The number of benzene rings is 2. The van der Waals surface area contributed by atoms with Gasteiger partial charge in [0.15, 0.2) is 0 Å². The highest BCUT2D eigenvalue weighted by atomic mass is 35.5. The van der Waals surface area contributed by atoms with E-state index in [1.807, 2.05) is 43.4 Å². The third-order valence-electron chi connectivity index (χ3n) is 7.26. The summed E-state index contributed by atoms with van der Waals surface area (Å²) >= 11 is 14.0. The molecule has 2 N–H and O–H groups in total. The zero-order valence-electron chi connectivity index (χ0n) is 23.2. The minimum absolute atomic E-state index is 0.127. The van der Waals surface area contributed by atoms with Crippen LogP contribution in [0.2, 0.25) is 10.0 Å². The Morgan fingerprint density at radius 1 is 0.878 bits per heavy atom. The summed E-state index contributed by atoms with van der Waals surface area (Å²) in [6.07, 6.45) is 5.41. The summed E-state index contributed by atoms with van der Waals surface area (Å²) in [6.45, 7) is 2.12. The Hall–Kier alpha value is -3.34. The van der Waals surface area contributed by atoms with Crippen LogP contribution in [0.15, 0.2) is 48.8 Å². The Morgan fingerprint density at radius 3 is 1.95 bits per heavy atom. The molecule has 1 saturated heterocycles. The second kappa shape index (κ2) is 13.1. The van der Waals surface area contributed by atoms with E-state index in [-0.39, 0.29) is 12.6 Å². The van der Waals surface area contributed by atoms with Gasteiger partial charge in [-0.15, -0.1) is 0 Å². The lowest BCUT2D eigenvalue weighted by atomic mass is 9.98. The number of aromatic nitrogens is 4. The molecule has 41 heavy (non-hydrogen) atoms. The molecule has 9 nitrogen and oxygen atoms in total. The lowest BCUT2D eigenvalue weighted by Gasteiger charge is -2.22. The normalized spacial score (nSPS) is 15.3. The minimum Gasteiger partial charge on any atom is -0.480 e. The number of methoxy groups -OCH3 is 2. The van der Waals surface area contributed by atoms with Gasteiger partial charge in [0.05, 0.1) is 54.7 Å². The van der Waals surface area contributed by atoms with E-state index in [0.29, 0.717) is 63.1 Å². The molecule has 0 aliphatic carbocycles. The Balaban J connectivity index is 1.49. The van der Waals surface area contributed by atoms with Gasteiger partial charge in [0.1, 0.15) is 11.4 Å². The maximum atomic E-state index is 9.69. The molecule has 0 radical (unpaired) electrons. The van der Waals surface area contributed by atoms with Crippen molar-refractivity contribution in [3.8, 4) is 45.4 Å². The molecule has 0 spiro atoms. The van der Waals surface area contributed by atoms with Crippen molar-refractivity contribution in [2.24, 2.45) is 0 Å². The summed E-state index contributed by atoms with van der Waals surface area (Å²) in [5.74, 6) is 0.868. The first-order valence-corrected chi connectivity index (χ1v) is 14.1. The monoisotopic (exact) mass is 594 g/mol. The van der Waals surface area contributed by atoms with Crippen LogP contribution in [0, 0.1) is 0 Å². The third-order valence-corrected chi connectivity index (χ3v) is 8.07. The summed E-state index contributed by atoms with van der Waals surface area (Å²) in [7, 11) is 4.99. The highest BCUT2D eigenvalue weighted by Gasteiger charge is 2.26. The molecule has 2 aromatic carbocycles. The molecule has 0 saturated carbocycles. The van der Waals surface area contributed by atoms with Gasteiger partial charge in [0.25, 0.3) is 0 Å². The highest BCUT2D eigenvalue weighted by molar-refractivity contribution is 6.39. The van der Waals surface area contributed by atoms with Gasteiger partial charge in [-0.3, -0.25) is 14.9 Å². The van der Waals surface area contributed by atoms with E-state index in [1.165, 1.54) is 0 Å². The van der Waals surface area contributed by atoms with Crippen molar-refractivity contribution in [3.63, 3.8) is 0 Å². The molecule has 5 rings (SSSR count). The molecule has 1 aliphatic heterocycles. The molecular formula is C30H32Cl2N6O3. The number of nitrogens with one attached hydrogen (secondary N) is 1. The summed E-state index contributed by atoms with van der Waals surface area (Å²) in [5, 5.41) is 13.7. The summed E-state index contributed by atoms with van der Waals surface area (Å²) in [5.41, 5.74) is 5.51. The maximum absolute atomic E-state index is 9.69. The lowest BCUT2D eigenvalue weighted by Crippen LogP contribution is -2.32. The number of hydrogen-bond donors (Lipinski definition) is 2. The smallest absolute Gasteiger partial charge is 0.237 e. The highest BCUT2D eigenvalue weighted by Crippen LogP contribution is 2.42. The number of hydrogen-bond acceptors (Lipinski definition) is 9. The van der Waals surface area contributed by atoms with Gasteiger partial charge in [0.2, 0.25) is 11.8 Å². The summed E-state index contributed by atoms with van der Waals surface area (Å²) < 4.78 is 11.1. The van der Waals surface area contributed by atoms with Crippen molar-refractivity contribution in [1.82, 2.24) is 30.2 Å². The van der Waals surface area contributed by atoms with Crippen LogP contribution in [0.5, 0.6) is 11.8 Å². The molecule has 2 aromatic heterocycles. The standard InChI is InChI=1S/C30H32Cl2N6O3/c1-33-13-25-29(40-2)36-23(14-34-25)21-10-4-8-19(27(21)31)20-9-5-11-22(28(20)32)24-15-35-26(30(37-24)41-3)16-38-12-6-7-18(38)17-39/h4-5,8-11,14-15,18,33,39H,6-7,12-13,16-17H2,1-3H3. The number of ether oxygens (including phenoxy) is 2.